The summed E-state index contributed by atoms with van der Waals surface area (Å²) in [7, 11) is 3.49. The number of hydrogen-bond acceptors (Lipinski definition) is 4. The Hall–Kier alpha value is -0.780. The van der Waals surface area contributed by atoms with Crippen LogP contribution in [0.25, 0.3) is 0 Å². The number of rotatable bonds is 11. The molecule has 4 nitrogen and oxygen atoms in total. The highest BCUT2D eigenvalue weighted by molar-refractivity contribution is 8.13. The van der Waals surface area contributed by atoms with Crippen molar-refractivity contribution in [2.75, 3.05) is 26.1 Å². The highest BCUT2D eigenvalue weighted by atomic mass is 35.7. The van der Waals surface area contributed by atoms with Gasteiger partial charge in [0, 0.05) is 17.8 Å². The Morgan fingerprint density at radius 3 is 2.29 bits per heavy atom. The molecule has 0 aliphatic carbocycles. The third-order valence-electron chi connectivity index (χ3n) is 3.07. The van der Waals surface area contributed by atoms with Crippen molar-refractivity contribution < 1.29 is 17.9 Å². The standard InChI is InChI=1S/C15H23ClO4S/c1-19-12-10-14-6-8-15(9-7-14)20-11-4-2-3-5-13-21(16,17)18/h6-9H,2-5,10-13H2,1H3. The second-order valence-electron chi connectivity index (χ2n) is 4.89. The Morgan fingerprint density at radius 1 is 1.00 bits per heavy atom. The first-order valence-electron chi connectivity index (χ1n) is 7.14. The summed E-state index contributed by atoms with van der Waals surface area (Å²) in [6.45, 7) is 1.36. The summed E-state index contributed by atoms with van der Waals surface area (Å²) in [4.78, 5) is 0. The first kappa shape index (κ1) is 18.3. The fourth-order valence-corrected chi connectivity index (χ4v) is 2.77. The van der Waals surface area contributed by atoms with Gasteiger partial charge in [-0.25, -0.2) is 8.42 Å². The predicted octanol–water partition coefficient (Wildman–Crippen LogP) is 3.38. The lowest BCUT2D eigenvalue weighted by molar-refractivity contribution is 0.202. The SMILES string of the molecule is COCCc1ccc(OCCCCCCS(=O)(=O)Cl)cc1. The molecule has 0 atom stereocenters. The quantitative estimate of drug-likeness (QED) is 0.460. The van der Waals surface area contributed by atoms with Gasteiger partial charge in [-0.2, -0.15) is 0 Å². The zero-order chi connectivity index (χ0) is 15.6. The molecule has 1 rings (SSSR count). The van der Waals surface area contributed by atoms with Crippen molar-refractivity contribution >= 4 is 19.7 Å². The van der Waals surface area contributed by atoms with Crippen LogP contribution in [-0.2, 0) is 20.2 Å². The molecule has 21 heavy (non-hydrogen) atoms. The van der Waals surface area contributed by atoms with Crippen LogP contribution in [-0.4, -0.2) is 34.5 Å². The fraction of sp³-hybridized carbons (Fsp3) is 0.600. The zero-order valence-electron chi connectivity index (χ0n) is 12.4. The number of methoxy groups -OCH3 is 1. The molecule has 0 saturated heterocycles. The summed E-state index contributed by atoms with van der Waals surface area (Å²) in [6.07, 6.45) is 4.22. The predicted molar refractivity (Wildman–Crippen MR) is 85.6 cm³/mol. The van der Waals surface area contributed by atoms with Crippen molar-refractivity contribution in [2.24, 2.45) is 0 Å². The summed E-state index contributed by atoms with van der Waals surface area (Å²) in [5.41, 5.74) is 1.23. The summed E-state index contributed by atoms with van der Waals surface area (Å²) in [5, 5.41) is 0. The van der Waals surface area contributed by atoms with Crippen molar-refractivity contribution in [1.82, 2.24) is 0 Å². The van der Waals surface area contributed by atoms with Crippen molar-refractivity contribution in [3.63, 3.8) is 0 Å². The first-order chi connectivity index (χ1) is 10.0. The molecule has 0 heterocycles. The molecule has 0 fully saturated rings. The maximum absolute atomic E-state index is 10.7. The van der Waals surface area contributed by atoms with Crippen LogP contribution in [0.4, 0.5) is 0 Å². The Morgan fingerprint density at radius 2 is 1.67 bits per heavy atom. The second-order valence-corrected chi connectivity index (χ2v) is 7.79. The topological polar surface area (TPSA) is 52.6 Å². The minimum atomic E-state index is -3.34. The van der Waals surface area contributed by atoms with Gasteiger partial charge in [0.1, 0.15) is 5.75 Å². The Balaban J connectivity index is 2.10. The molecule has 120 valence electrons. The number of benzene rings is 1. The first-order valence-corrected chi connectivity index (χ1v) is 9.62. The van der Waals surface area contributed by atoms with E-state index >= 15 is 0 Å². The van der Waals surface area contributed by atoms with Gasteiger partial charge in [-0.05, 0) is 37.0 Å². The average Bonchev–Trinajstić information content (AvgIpc) is 2.44. The second kappa shape index (κ2) is 10.0. The van der Waals surface area contributed by atoms with Crippen LogP contribution in [0.1, 0.15) is 31.2 Å². The molecule has 0 radical (unpaired) electrons. The third-order valence-corrected chi connectivity index (χ3v) is 4.31. The van der Waals surface area contributed by atoms with E-state index in [9.17, 15) is 8.42 Å². The van der Waals surface area contributed by atoms with Crippen LogP contribution in [0.15, 0.2) is 24.3 Å². The largest absolute Gasteiger partial charge is 0.494 e. The van der Waals surface area contributed by atoms with E-state index in [1.165, 1.54) is 5.56 Å². The monoisotopic (exact) mass is 334 g/mol. The van der Waals surface area contributed by atoms with Crippen molar-refractivity contribution in [2.45, 2.75) is 32.1 Å². The van der Waals surface area contributed by atoms with E-state index in [1.807, 2.05) is 24.3 Å². The maximum atomic E-state index is 10.7. The molecule has 0 unspecified atom stereocenters. The number of halogens is 1. The van der Waals surface area contributed by atoms with Gasteiger partial charge in [0.2, 0.25) is 9.05 Å². The molecule has 0 aromatic heterocycles. The lowest BCUT2D eigenvalue weighted by atomic mass is 10.1. The Kier molecular flexibility index (Phi) is 8.73. The molecule has 0 N–H and O–H groups in total. The summed E-state index contributed by atoms with van der Waals surface area (Å²) >= 11 is 0. The van der Waals surface area contributed by atoms with Crippen LogP contribution < -0.4 is 4.74 Å². The van der Waals surface area contributed by atoms with E-state index in [0.29, 0.717) is 13.0 Å². The Labute approximate surface area is 131 Å². The van der Waals surface area contributed by atoms with Gasteiger partial charge in [0.05, 0.1) is 19.0 Å². The molecule has 0 aliphatic heterocycles. The van der Waals surface area contributed by atoms with E-state index in [0.717, 1.165) is 38.0 Å². The van der Waals surface area contributed by atoms with Crippen LogP contribution in [0.3, 0.4) is 0 Å². The minimum absolute atomic E-state index is 0.0539. The van der Waals surface area contributed by atoms with Crippen molar-refractivity contribution in [1.29, 1.82) is 0 Å². The molecular formula is C15H23ClO4S. The average molecular weight is 335 g/mol. The van der Waals surface area contributed by atoms with Gasteiger partial charge < -0.3 is 9.47 Å². The van der Waals surface area contributed by atoms with E-state index in [4.69, 9.17) is 20.2 Å². The molecule has 0 bridgehead atoms. The molecule has 1 aromatic carbocycles. The van der Waals surface area contributed by atoms with Gasteiger partial charge in [-0.3, -0.25) is 0 Å². The molecule has 1 aromatic rings. The fourth-order valence-electron chi connectivity index (χ4n) is 1.89. The van der Waals surface area contributed by atoms with Crippen LogP contribution in [0.5, 0.6) is 5.75 Å². The smallest absolute Gasteiger partial charge is 0.232 e. The number of hydrogen-bond donors (Lipinski definition) is 0. The number of unbranched alkanes of at least 4 members (excludes halogenated alkanes) is 3. The van der Waals surface area contributed by atoms with Gasteiger partial charge in [-0.15, -0.1) is 0 Å². The van der Waals surface area contributed by atoms with Crippen LogP contribution in [0, 0.1) is 0 Å². The van der Waals surface area contributed by atoms with Crippen LogP contribution in [0.2, 0.25) is 0 Å². The third kappa shape index (κ3) is 9.72. The number of ether oxygens (including phenoxy) is 2. The lowest BCUT2D eigenvalue weighted by Crippen LogP contribution is -2.00. The lowest BCUT2D eigenvalue weighted by Gasteiger charge is -2.07. The van der Waals surface area contributed by atoms with E-state index in [-0.39, 0.29) is 5.75 Å². The van der Waals surface area contributed by atoms with Crippen molar-refractivity contribution in [3.05, 3.63) is 29.8 Å². The molecule has 0 aliphatic rings. The normalized spacial score (nSPS) is 11.5. The van der Waals surface area contributed by atoms with Crippen molar-refractivity contribution in [3.8, 4) is 5.75 Å². The van der Waals surface area contributed by atoms with Gasteiger partial charge in [-0.1, -0.05) is 25.0 Å². The van der Waals surface area contributed by atoms with Crippen LogP contribution >= 0.6 is 10.7 Å². The molecule has 6 heteroatoms. The molecule has 0 amide bonds. The molecule has 0 spiro atoms. The summed E-state index contributed by atoms with van der Waals surface area (Å²) < 4.78 is 32.1. The highest BCUT2D eigenvalue weighted by Gasteiger charge is 2.03. The summed E-state index contributed by atoms with van der Waals surface area (Å²) in [5.74, 6) is 0.915. The van der Waals surface area contributed by atoms with Gasteiger partial charge in [0.25, 0.3) is 0 Å². The zero-order valence-corrected chi connectivity index (χ0v) is 14.0. The Bertz CT molecular complexity index is 485. The maximum Gasteiger partial charge on any atom is 0.232 e. The van der Waals surface area contributed by atoms with E-state index in [2.05, 4.69) is 0 Å². The van der Waals surface area contributed by atoms with Gasteiger partial charge >= 0.3 is 0 Å². The van der Waals surface area contributed by atoms with E-state index in [1.54, 1.807) is 7.11 Å². The molecular weight excluding hydrogens is 312 g/mol. The van der Waals surface area contributed by atoms with E-state index < -0.39 is 9.05 Å². The summed E-state index contributed by atoms with van der Waals surface area (Å²) in [6, 6.07) is 8.01. The minimum Gasteiger partial charge on any atom is -0.494 e. The highest BCUT2D eigenvalue weighted by Crippen LogP contribution is 2.13. The molecule has 0 saturated carbocycles. The van der Waals surface area contributed by atoms with Gasteiger partial charge in [0.15, 0.2) is 0 Å².